The molecule has 0 radical (unpaired) electrons. The van der Waals surface area contributed by atoms with Crippen LogP contribution in [0.15, 0.2) is 0 Å². The maximum absolute atomic E-state index is 12.2. The molecule has 2 aliphatic rings. The number of ether oxygens (including phenoxy) is 1. The number of hydrogen-bond donors (Lipinski definition) is 1. The second kappa shape index (κ2) is 8.36. The van der Waals surface area contributed by atoms with E-state index in [1.807, 2.05) is 25.7 Å². The minimum absolute atomic E-state index is 0.143. The lowest BCUT2D eigenvalue weighted by Gasteiger charge is -2.35. The first kappa shape index (κ1) is 18.6. The second-order valence-electron chi connectivity index (χ2n) is 8.55. The van der Waals surface area contributed by atoms with Crippen LogP contribution < -0.4 is 5.32 Å². The van der Waals surface area contributed by atoms with Gasteiger partial charge in [-0.05, 0) is 71.3 Å². The van der Waals surface area contributed by atoms with Crippen molar-refractivity contribution >= 4 is 6.09 Å². The summed E-state index contributed by atoms with van der Waals surface area (Å²) in [5, 5.41) is 3.77. The molecule has 23 heavy (non-hydrogen) atoms. The van der Waals surface area contributed by atoms with Gasteiger partial charge >= 0.3 is 6.09 Å². The highest BCUT2D eigenvalue weighted by Crippen LogP contribution is 2.25. The van der Waals surface area contributed by atoms with Crippen LogP contribution in [0, 0.1) is 11.8 Å². The Morgan fingerprint density at radius 1 is 1.17 bits per heavy atom. The zero-order valence-corrected chi connectivity index (χ0v) is 15.6. The molecule has 1 aliphatic carbocycles. The van der Waals surface area contributed by atoms with Gasteiger partial charge in [0.2, 0.25) is 0 Å². The molecule has 0 aromatic rings. The molecule has 3 unspecified atom stereocenters. The van der Waals surface area contributed by atoms with Crippen LogP contribution in [0.25, 0.3) is 0 Å². The number of nitrogens with one attached hydrogen (secondary N) is 1. The Kier molecular flexibility index (Phi) is 6.75. The van der Waals surface area contributed by atoms with E-state index in [1.165, 1.54) is 38.5 Å². The zero-order chi connectivity index (χ0) is 16.9. The number of piperidine rings is 1. The fourth-order valence-corrected chi connectivity index (χ4v) is 3.89. The van der Waals surface area contributed by atoms with Crippen molar-refractivity contribution in [2.75, 3.05) is 19.6 Å². The third-order valence-corrected chi connectivity index (χ3v) is 5.24. The Hall–Kier alpha value is -0.770. The van der Waals surface area contributed by atoms with E-state index >= 15 is 0 Å². The van der Waals surface area contributed by atoms with E-state index in [-0.39, 0.29) is 6.09 Å². The minimum atomic E-state index is -0.400. The van der Waals surface area contributed by atoms with Crippen LogP contribution in [0.4, 0.5) is 4.79 Å². The number of carbonyl (C=O) groups excluding carboxylic acids is 1. The van der Waals surface area contributed by atoms with Gasteiger partial charge in [0.05, 0.1) is 0 Å². The molecule has 1 saturated carbocycles. The molecule has 0 bridgehead atoms. The molecule has 2 fully saturated rings. The fraction of sp³-hybridized carbons (Fsp3) is 0.947. The Morgan fingerprint density at radius 2 is 1.91 bits per heavy atom. The van der Waals surface area contributed by atoms with Gasteiger partial charge in [-0.3, -0.25) is 0 Å². The monoisotopic (exact) mass is 324 g/mol. The van der Waals surface area contributed by atoms with Crippen LogP contribution in [0.1, 0.15) is 72.6 Å². The van der Waals surface area contributed by atoms with E-state index < -0.39 is 5.60 Å². The van der Waals surface area contributed by atoms with Gasteiger partial charge in [-0.2, -0.15) is 0 Å². The maximum atomic E-state index is 12.2. The Morgan fingerprint density at radius 3 is 2.61 bits per heavy atom. The van der Waals surface area contributed by atoms with Crippen molar-refractivity contribution in [3.05, 3.63) is 0 Å². The van der Waals surface area contributed by atoms with Crippen LogP contribution in [0.3, 0.4) is 0 Å². The summed E-state index contributed by atoms with van der Waals surface area (Å²) >= 11 is 0. The van der Waals surface area contributed by atoms with Crippen LogP contribution >= 0.6 is 0 Å². The topological polar surface area (TPSA) is 41.6 Å². The van der Waals surface area contributed by atoms with Gasteiger partial charge in [0.25, 0.3) is 0 Å². The molecule has 1 heterocycles. The zero-order valence-electron chi connectivity index (χ0n) is 15.6. The molecule has 0 aromatic carbocycles. The maximum Gasteiger partial charge on any atom is 0.410 e. The van der Waals surface area contributed by atoms with Gasteiger partial charge in [-0.1, -0.05) is 19.8 Å². The molecule has 1 amide bonds. The number of likely N-dealkylation sites (tertiary alicyclic amines) is 1. The summed E-state index contributed by atoms with van der Waals surface area (Å²) < 4.78 is 5.51. The molecule has 3 atom stereocenters. The molecule has 2 rings (SSSR count). The number of rotatable bonds is 4. The van der Waals surface area contributed by atoms with Crippen molar-refractivity contribution in [2.45, 2.75) is 84.3 Å². The van der Waals surface area contributed by atoms with Crippen molar-refractivity contribution in [3.63, 3.8) is 0 Å². The summed E-state index contributed by atoms with van der Waals surface area (Å²) in [5.74, 6) is 1.43. The predicted octanol–water partition coefficient (Wildman–Crippen LogP) is 4.19. The highest BCUT2D eigenvalue weighted by Gasteiger charge is 2.28. The van der Waals surface area contributed by atoms with E-state index in [0.717, 1.165) is 32.0 Å². The lowest BCUT2D eigenvalue weighted by atomic mass is 9.85. The van der Waals surface area contributed by atoms with Crippen molar-refractivity contribution in [2.24, 2.45) is 11.8 Å². The van der Waals surface area contributed by atoms with Crippen molar-refractivity contribution in [3.8, 4) is 0 Å². The minimum Gasteiger partial charge on any atom is -0.444 e. The van der Waals surface area contributed by atoms with Gasteiger partial charge < -0.3 is 15.0 Å². The van der Waals surface area contributed by atoms with Gasteiger partial charge in [0.1, 0.15) is 5.60 Å². The van der Waals surface area contributed by atoms with Gasteiger partial charge in [-0.25, -0.2) is 4.79 Å². The summed E-state index contributed by atoms with van der Waals surface area (Å²) in [6.07, 6.45) is 8.83. The number of hydrogen-bond acceptors (Lipinski definition) is 3. The second-order valence-corrected chi connectivity index (χ2v) is 8.55. The summed E-state index contributed by atoms with van der Waals surface area (Å²) in [5.41, 5.74) is -0.400. The SMILES string of the molecule is CC1CCCCC1NCCC1CCCN(C(=O)OC(C)(C)C)C1. The Balaban J connectivity index is 1.70. The summed E-state index contributed by atoms with van der Waals surface area (Å²) in [6, 6.07) is 0.703. The first-order valence-corrected chi connectivity index (χ1v) is 9.56. The van der Waals surface area contributed by atoms with Crippen LogP contribution in [-0.4, -0.2) is 42.3 Å². The molecule has 0 spiro atoms. The van der Waals surface area contributed by atoms with E-state index in [2.05, 4.69) is 12.2 Å². The molecule has 0 aromatic heterocycles. The van der Waals surface area contributed by atoms with Gasteiger partial charge in [0.15, 0.2) is 0 Å². The average Bonchev–Trinajstić information content (AvgIpc) is 2.48. The Bertz CT molecular complexity index is 378. The molecule has 4 heteroatoms. The largest absolute Gasteiger partial charge is 0.444 e. The lowest BCUT2D eigenvalue weighted by Crippen LogP contribution is -2.44. The fourth-order valence-electron chi connectivity index (χ4n) is 3.89. The quantitative estimate of drug-likeness (QED) is 0.843. The molecule has 134 valence electrons. The van der Waals surface area contributed by atoms with Gasteiger partial charge in [0, 0.05) is 19.1 Å². The third-order valence-electron chi connectivity index (χ3n) is 5.24. The van der Waals surface area contributed by atoms with Crippen molar-refractivity contribution < 1.29 is 9.53 Å². The lowest BCUT2D eigenvalue weighted by molar-refractivity contribution is 0.0161. The normalized spacial score (nSPS) is 29.4. The molecule has 1 aliphatic heterocycles. The van der Waals surface area contributed by atoms with E-state index in [4.69, 9.17) is 4.74 Å². The molecule has 4 nitrogen and oxygen atoms in total. The van der Waals surface area contributed by atoms with Crippen molar-refractivity contribution in [1.29, 1.82) is 0 Å². The summed E-state index contributed by atoms with van der Waals surface area (Å²) in [7, 11) is 0. The third kappa shape index (κ3) is 6.33. The number of nitrogens with zero attached hydrogens (tertiary/aromatic N) is 1. The average molecular weight is 325 g/mol. The predicted molar refractivity (Wildman–Crippen MR) is 94.6 cm³/mol. The Labute approximate surface area is 142 Å². The van der Waals surface area contributed by atoms with Crippen LogP contribution in [0.5, 0.6) is 0 Å². The summed E-state index contributed by atoms with van der Waals surface area (Å²) in [4.78, 5) is 14.1. The first-order chi connectivity index (χ1) is 10.8. The summed E-state index contributed by atoms with van der Waals surface area (Å²) in [6.45, 7) is 11.0. The molecular formula is C19H36N2O2. The highest BCUT2D eigenvalue weighted by molar-refractivity contribution is 5.68. The standard InChI is InChI=1S/C19H36N2O2/c1-15-8-5-6-10-17(15)20-12-11-16-9-7-13-21(14-16)18(22)23-19(2,3)4/h15-17,20H,5-14H2,1-4H3. The van der Waals surface area contributed by atoms with Gasteiger partial charge in [-0.15, -0.1) is 0 Å². The number of carbonyl (C=O) groups is 1. The molecule has 1 N–H and O–H groups in total. The van der Waals surface area contributed by atoms with E-state index in [1.54, 1.807) is 0 Å². The highest BCUT2D eigenvalue weighted by atomic mass is 16.6. The van der Waals surface area contributed by atoms with E-state index in [0.29, 0.717) is 12.0 Å². The van der Waals surface area contributed by atoms with Crippen LogP contribution in [-0.2, 0) is 4.74 Å². The smallest absolute Gasteiger partial charge is 0.410 e. The molecular weight excluding hydrogens is 288 g/mol. The van der Waals surface area contributed by atoms with Crippen LogP contribution in [0.2, 0.25) is 0 Å². The first-order valence-electron chi connectivity index (χ1n) is 9.56. The molecule has 1 saturated heterocycles. The number of amides is 1. The van der Waals surface area contributed by atoms with E-state index in [9.17, 15) is 4.79 Å². The van der Waals surface area contributed by atoms with Crippen molar-refractivity contribution in [1.82, 2.24) is 10.2 Å².